The zero-order chi connectivity index (χ0) is 9.80. The van der Waals surface area contributed by atoms with Gasteiger partial charge in [0, 0.05) is 17.7 Å². The fraction of sp³-hybridized carbons (Fsp3) is 0.154. The summed E-state index contributed by atoms with van der Waals surface area (Å²) in [6, 6.07) is 14.8. The SMILES string of the molecule is Cc1ccc(C[n+]2ccccc2)cc1. The van der Waals surface area contributed by atoms with Crippen molar-refractivity contribution < 1.29 is 4.57 Å². The number of pyridine rings is 1. The standard InChI is InChI=1S/C13H14N/c1-12-5-7-13(8-6-12)11-14-9-3-2-4-10-14/h2-10H,11H2,1H3/q+1. The second kappa shape index (κ2) is 4.05. The van der Waals surface area contributed by atoms with Crippen molar-refractivity contribution in [1.29, 1.82) is 0 Å². The van der Waals surface area contributed by atoms with Crippen LogP contribution >= 0.6 is 0 Å². The van der Waals surface area contributed by atoms with Gasteiger partial charge < -0.3 is 0 Å². The van der Waals surface area contributed by atoms with Gasteiger partial charge in [0.05, 0.1) is 0 Å². The molecule has 0 bridgehead atoms. The van der Waals surface area contributed by atoms with E-state index < -0.39 is 0 Å². The molecule has 1 heteroatoms. The Morgan fingerprint density at radius 2 is 1.57 bits per heavy atom. The van der Waals surface area contributed by atoms with Crippen molar-refractivity contribution in [2.75, 3.05) is 0 Å². The third-order valence-corrected chi connectivity index (χ3v) is 2.26. The zero-order valence-corrected chi connectivity index (χ0v) is 8.35. The van der Waals surface area contributed by atoms with Crippen LogP contribution in [0.1, 0.15) is 11.1 Å². The molecule has 0 atom stereocenters. The monoisotopic (exact) mass is 184 g/mol. The summed E-state index contributed by atoms with van der Waals surface area (Å²) in [5.41, 5.74) is 2.65. The summed E-state index contributed by atoms with van der Waals surface area (Å²) in [6.45, 7) is 3.06. The highest BCUT2D eigenvalue weighted by molar-refractivity contribution is 5.20. The third-order valence-electron chi connectivity index (χ3n) is 2.26. The summed E-state index contributed by atoms with van der Waals surface area (Å²) in [5, 5.41) is 0. The molecule has 2 aromatic rings. The first kappa shape index (κ1) is 8.95. The summed E-state index contributed by atoms with van der Waals surface area (Å²) in [4.78, 5) is 0. The molecule has 14 heavy (non-hydrogen) atoms. The molecule has 0 radical (unpaired) electrons. The Labute approximate surface area is 84.6 Å². The van der Waals surface area contributed by atoms with E-state index in [1.165, 1.54) is 11.1 Å². The maximum Gasteiger partial charge on any atom is 0.173 e. The summed E-state index contributed by atoms with van der Waals surface area (Å²) in [6.07, 6.45) is 4.17. The van der Waals surface area contributed by atoms with E-state index in [2.05, 4.69) is 48.1 Å². The Hall–Kier alpha value is -1.63. The molecule has 1 nitrogen and oxygen atoms in total. The van der Waals surface area contributed by atoms with Crippen LogP contribution in [0.4, 0.5) is 0 Å². The lowest BCUT2D eigenvalue weighted by molar-refractivity contribution is -0.688. The second-order valence-corrected chi connectivity index (χ2v) is 3.53. The molecule has 0 fully saturated rings. The van der Waals surface area contributed by atoms with E-state index >= 15 is 0 Å². The first-order valence-corrected chi connectivity index (χ1v) is 4.84. The molecule has 1 heterocycles. The summed E-state index contributed by atoms with van der Waals surface area (Å²) in [7, 11) is 0. The van der Waals surface area contributed by atoms with Gasteiger partial charge in [0.15, 0.2) is 18.9 Å². The van der Waals surface area contributed by atoms with Gasteiger partial charge in [0.25, 0.3) is 0 Å². The van der Waals surface area contributed by atoms with Crippen LogP contribution in [0.5, 0.6) is 0 Å². The van der Waals surface area contributed by atoms with E-state index in [1.54, 1.807) is 0 Å². The van der Waals surface area contributed by atoms with Crippen LogP contribution in [0, 0.1) is 6.92 Å². The molecule has 70 valence electrons. The number of rotatable bonds is 2. The highest BCUT2D eigenvalue weighted by Crippen LogP contribution is 2.02. The Morgan fingerprint density at radius 3 is 2.21 bits per heavy atom. The second-order valence-electron chi connectivity index (χ2n) is 3.53. The van der Waals surface area contributed by atoms with Crippen LogP contribution in [0.25, 0.3) is 0 Å². The number of aryl methyl sites for hydroxylation is 1. The summed E-state index contributed by atoms with van der Waals surface area (Å²) < 4.78 is 2.17. The van der Waals surface area contributed by atoms with E-state index in [1.807, 2.05) is 18.2 Å². The van der Waals surface area contributed by atoms with Gasteiger partial charge in [-0.25, -0.2) is 4.57 Å². The van der Waals surface area contributed by atoms with Crippen molar-refractivity contribution in [3.63, 3.8) is 0 Å². The maximum absolute atomic E-state index is 2.18. The van der Waals surface area contributed by atoms with Gasteiger partial charge in [-0.15, -0.1) is 0 Å². The first-order valence-electron chi connectivity index (χ1n) is 4.84. The highest BCUT2D eigenvalue weighted by atomic mass is 14.9. The maximum atomic E-state index is 2.18. The topological polar surface area (TPSA) is 3.88 Å². The predicted molar refractivity (Wildman–Crippen MR) is 56.9 cm³/mol. The lowest BCUT2D eigenvalue weighted by Gasteiger charge is -1.97. The van der Waals surface area contributed by atoms with Crippen LogP contribution in [0.2, 0.25) is 0 Å². The Balaban J connectivity index is 2.16. The van der Waals surface area contributed by atoms with Gasteiger partial charge in [-0.1, -0.05) is 35.9 Å². The first-order chi connectivity index (χ1) is 6.84. The molecule has 0 N–H and O–H groups in total. The molecule has 1 aromatic carbocycles. The molecular formula is C13H14N+. The Bertz CT molecular complexity index is 389. The average Bonchev–Trinajstić information content (AvgIpc) is 2.23. The summed E-state index contributed by atoms with van der Waals surface area (Å²) in [5.74, 6) is 0. The van der Waals surface area contributed by atoms with Crippen LogP contribution in [0.3, 0.4) is 0 Å². The number of hydrogen-bond donors (Lipinski definition) is 0. The minimum absolute atomic E-state index is 0.946. The Kier molecular flexibility index (Phi) is 2.59. The largest absolute Gasteiger partial charge is 0.201 e. The number of benzene rings is 1. The smallest absolute Gasteiger partial charge is 0.173 e. The van der Waals surface area contributed by atoms with E-state index in [-0.39, 0.29) is 0 Å². The minimum atomic E-state index is 0.946. The van der Waals surface area contributed by atoms with Gasteiger partial charge in [0.1, 0.15) is 0 Å². The van der Waals surface area contributed by atoms with Crippen molar-refractivity contribution >= 4 is 0 Å². The molecule has 0 amide bonds. The fourth-order valence-electron chi connectivity index (χ4n) is 1.44. The molecule has 0 spiro atoms. The predicted octanol–water partition coefficient (Wildman–Crippen LogP) is 2.33. The van der Waals surface area contributed by atoms with Gasteiger partial charge in [-0.2, -0.15) is 0 Å². The van der Waals surface area contributed by atoms with E-state index in [0.29, 0.717) is 0 Å². The van der Waals surface area contributed by atoms with Gasteiger partial charge in [-0.05, 0) is 6.92 Å². The number of nitrogens with zero attached hydrogens (tertiary/aromatic N) is 1. The van der Waals surface area contributed by atoms with Crippen molar-refractivity contribution in [1.82, 2.24) is 0 Å². The van der Waals surface area contributed by atoms with E-state index in [9.17, 15) is 0 Å². The number of hydrogen-bond acceptors (Lipinski definition) is 0. The zero-order valence-electron chi connectivity index (χ0n) is 8.35. The minimum Gasteiger partial charge on any atom is -0.201 e. The summed E-state index contributed by atoms with van der Waals surface area (Å²) >= 11 is 0. The van der Waals surface area contributed by atoms with E-state index in [0.717, 1.165) is 6.54 Å². The fourth-order valence-corrected chi connectivity index (χ4v) is 1.44. The van der Waals surface area contributed by atoms with Crippen molar-refractivity contribution in [2.24, 2.45) is 0 Å². The van der Waals surface area contributed by atoms with Crippen molar-refractivity contribution in [2.45, 2.75) is 13.5 Å². The van der Waals surface area contributed by atoms with Crippen molar-refractivity contribution in [3.8, 4) is 0 Å². The van der Waals surface area contributed by atoms with Crippen LogP contribution < -0.4 is 4.57 Å². The number of aromatic nitrogens is 1. The van der Waals surface area contributed by atoms with Crippen molar-refractivity contribution in [3.05, 3.63) is 66.0 Å². The highest BCUT2D eigenvalue weighted by Gasteiger charge is 1.99. The quantitative estimate of drug-likeness (QED) is 0.631. The van der Waals surface area contributed by atoms with E-state index in [4.69, 9.17) is 0 Å². The molecule has 1 aromatic heterocycles. The van der Waals surface area contributed by atoms with Crippen LogP contribution in [-0.2, 0) is 6.54 Å². The third kappa shape index (κ3) is 2.19. The lowest BCUT2D eigenvalue weighted by Crippen LogP contribution is -2.32. The molecule has 0 unspecified atom stereocenters. The average molecular weight is 184 g/mol. The normalized spacial score (nSPS) is 10.1. The van der Waals surface area contributed by atoms with Gasteiger partial charge in [0.2, 0.25) is 0 Å². The molecule has 0 saturated carbocycles. The van der Waals surface area contributed by atoms with Crippen LogP contribution in [-0.4, -0.2) is 0 Å². The molecule has 0 saturated heterocycles. The molecule has 0 aliphatic rings. The van der Waals surface area contributed by atoms with Crippen LogP contribution in [0.15, 0.2) is 54.9 Å². The van der Waals surface area contributed by atoms with Gasteiger partial charge >= 0.3 is 0 Å². The Morgan fingerprint density at radius 1 is 0.929 bits per heavy atom. The lowest BCUT2D eigenvalue weighted by atomic mass is 10.1. The van der Waals surface area contributed by atoms with Gasteiger partial charge in [-0.3, -0.25) is 0 Å². The molecule has 2 rings (SSSR count). The molecule has 0 aliphatic carbocycles. The molecule has 0 aliphatic heterocycles. The molecular weight excluding hydrogens is 170 g/mol.